The average molecular weight is 590 g/mol. The van der Waals surface area contributed by atoms with Crippen molar-refractivity contribution in [2.24, 2.45) is 5.73 Å². The first kappa shape index (κ1) is 30.0. The number of phenols is 1. The van der Waals surface area contributed by atoms with Gasteiger partial charge >= 0.3 is 6.09 Å². The number of aromatic nitrogens is 4. The summed E-state index contributed by atoms with van der Waals surface area (Å²) in [6.45, 7) is 8.52. The van der Waals surface area contributed by atoms with Gasteiger partial charge in [0.1, 0.15) is 17.0 Å². The van der Waals surface area contributed by atoms with Gasteiger partial charge in [0.05, 0.1) is 11.7 Å². The molecule has 0 spiro atoms. The van der Waals surface area contributed by atoms with Crippen LogP contribution in [0.15, 0.2) is 36.7 Å². The van der Waals surface area contributed by atoms with Crippen LogP contribution in [0.4, 0.5) is 22.2 Å². The van der Waals surface area contributed by atoms with E-state index in [1.54, 1.807) is 36.2 Å². The van der Waals surface area contributed by atoms with Crippen LogP contribution in [0.2, 0.25) is 0 Å². The van der Waals surface area contributed by atoms with Gasteiger partial charge in [0.2, 0.25) is 5.95 Å². The SMILES string of the molecule is CNc1nn(C2CCN(c3ncc(C4CCN(C(=O)OC(C)(C)C)CC4)cn3)CC2)c(/C=C(\N)c2ccccc2O)c1N. The molecule has 2 fully saturated rings. The van der Waals surface area contributed by atoms with Gasteiger partial charge in [-0.05, 0) is 76.1 Å². The molecule has 4 heterocycles. The number of aromatic hydroxyl groups is 1. The molecule has 5 rings (SSSR count). The van der Waals surface area contributed by atoms with E-state index in [4.69, 9.17) is 31.3 Å². The number of carbonyl (C=O) groups excluding carboxylic acids is 1. The van der Waals surface area contributed by atoms with Crippen LogP contribution >= 0.6 is 0 Å². The summed E-state index contributed by atoms with van der Waals surface area (Å²) < 4.78 is 7.46. The maximum Gasteiger partial charge on any atom is 0.410 e. The number of hydrogen-bond donors (Lipinski definition) is 4. The van der Waals surface area contributed by atoms with E-state index in [1.165, 1.54) is 0 Å². The lowest BCUT2D eigenvalue weighted by Crippen LogP contribution is -2.41. The Labute approximate surface area is 252 Å². The first-order chi connectivity index (χ1) is 20.5. The standard InChI is InChI=1S/C31H43N9O3/c1-31(2,3)43-30(42)39-13-9-20(10-14-39)21-18-35-29(36-19-21)38-15-11-22(12-16-38)40-25(27(33)28(34-4)37-40)17-24(32)23-7-5-6-8-26(23)41/h5-8,17-20,22,41H,9-16,32-33H2,1-4H3,(H,34,37)/b24-17-. The van der Waals surface area contributed by atoms with Crippen molar-refractivity contribution in [2.75, 3.05) is 49.2 Å². The lowest BCUT2D eigenvalue weighted by molar-refractivity contribution is 0.0204. The van der Waals surface area contributed by atoms with E-state index >= 15 is 0 Å². The topological polar surface area (TPSA) is 161 Å². The lowest BCUT2D eigenvalue weighted by Gasteiger charge is -2.34. The van der Waals surface area contributed by atoms with Crippen molar-refractivity contribution in [3.8, 4) is 5.75 Å². The highest BCUT2D eigenvalue weighted by molar-refractivity contribution is 5.86. The van der Waals surface area contributed by atoms with E-state index in [0.29, 0.717) is 53.4 Å². The van der Waals surface area contributed by atoms with Crippen LogP contribution in [0.25, 0.3) is 11.8 Å². The molecule has 0 aliphatic carbocycles. The number of benzene rings is 1. The molecule has 0 unspecified atom stereocenters. The van der Waals surface area contributed by atoms with Crippen LogP contribution in [-0.2, 0) is 4.74 Å². The smallest absolute Gasteiger partial charge is 0.410 e. The third kappa shape index (κ3) is 6.79. The zero-order valence-electron chi connectivity index (χ0n) is 25.5. The summed E-state index contributed by atoms with van der Waals surface area (Å²) in [5.41, 5.74) is 15.6. The maximum absolute atomic E-state index is 12.4. The molecule has 0 saturated carbocycles. The molecule has 2 aliphatic heterocycles. The van der Waals surface area contributed by atoms with Crippen LogP contribution < -0.4 is 21.7 Å². The monoisotopic (exact) mass is 589 g/mol. The molecular weight excluding hydrogens is 546 g/mol. The number of piperidine rings is 2. The fourth-order valence-electron chi connectivity index (χ4n) is 5.75. The maximum atomic E-state index is 12.4. The number of anilines is 3. The number of nitrogen functional groups attached to an aromatic ring is 1. The van der Waals surface area contributed by atoms with E-state index in [-0.39, 0.29) is 17.9 Å². The highest BCUT2D eigenvalue weighted by Crippen LogP contribution is 2.34. The van der Waals surface area contributed by atoms with E-state index in [0.717, 1.165) is 44.3 Å². The normalized spacial score (nSPS) is 17.3. The number of rotatable bonds is 6. The minimum absolute atomic E-state index is 0.110. The summed E-state index contributed by atoms with van der Waals surface area (Å²) in [5.74, 6) is 1.74. The zero-order valence-corrected chi connectivity index (χ0v) is 25.5. The predicted octanol–water partition coefficient (Wildman–Crippen LogP) is 4.42. The van der Waals surface area contributed by atoms with Crippen molar-refractivity contribution < 1.29 is 14.6 Å². The highest BCUT2D eigenvalue weighted by Gasteiger charge is 2.29. The van der Waals surface area contributed by atoms with Gasteiger partial charge in [-0.3, -0.25) is 4.68 Å². The van der Waals surface area contributed by atoms with Crippen LogP contribution in [0, 0.1) is 0 Å². The van der Waals surface area contributed by atoms with Crippen molar-refractivity contribution in [1.82, 2.24) is 24.6 Å². The van der Waals surface area contributed by atoms with Crippen LogP contribution in [0.5, 0.6) is 5.75 Å². The summed E-state index contributed by atoms with van der Waals surface area (Å²) in [4.78, 5) is 25.8. The molecule has 6 N–H and O–H groups in total. The summed E-state index contributed by atoms with van der Waals surface area (Å²) >= 11 is 0. The van der Waals surface area contributed by atoms with Gasteiger partial charge in [0.25, 0.3) is 0 Å². The van der Waals surface area contributed by atoms with E-state index < -0.39 is 5.60 Å². The molecule has 0 bridgehead atoms. The number of nitrogens with zero attached hydrogens (tertiary/aromatic N) is 6. The summed E-state index contributed by atoms with van der Waals surface area (Å²) in [7, 11) is 1.79. The van der Waals surface area contributed by atoms with Crippen LogP contribution in [0.1, 0.15) is 75.2 Å². The van der Waals surface area contributed by atoms with Gasteiger partial charge < -0.3 is 36.4 Å². The largest absolute Gasteiger partial charge is 0.507 e. The highest BCUT2D eigenvalue weighted by atomic mass is 16.6. The summed E-state index contributed by atoms with van der Waals surface area (Å²) in [5, 5.41) is 18.1. The second kappa shape index (κ2) is 12.4. The first-order valence-corrected chi connectivity index (χ1v) is 14.9. The Morgan fingerprint density at radius 2 is 1.72 bits per heavy atom. The van der Waals surface area contributed by atoms with Gasteiger partial charge in [-0.2, -0.15) is 5.10 Å². The molecule has 2 aliphatic rings. The van der Waals surface area contributed by atoms with E-state index in [2.05, 4.69) is 10.2 Å². The number of ether oxygens (including phenoxy) is 1. The number of hydrogen-bond acceptors (Lipinski definition) is 10. The van der Waals surface area contributed by atoms with Gasteiger partial charge in [-0.15, -0.1) is 0 Å². The molecule has 1 amide bonds. The number of likely N-dealkylation sites (tertiary alicyclic amines) is 1. The Morgan fingerprint density at radius 1 is 1.07 bits per heavy atom. The van der Waals surface area contributed by atoms with Crippen molar-refractivity contribution in [2.45, 2.75) is 64.0 Å². The second-order valence-electron chi connectivity index (χ2n) is 12.2. The summed E-state index contributed by atoms with van der Waals surface area (Å²) in [6.07, 6.45) is 8.78. The molecule has 3 aromatic rings. The van der Waals surface area contributed by atoms with Crippen LogP contribution in [-0.4, -0.2) is 74.7 Å². The molecule has 0 radical (unpaired) electrons. The minimum Gasteiger partial charge on any atom is -0.507 e. The molecule has 1 aromatic carbocycles. The molecule has 0 atom stereocenters. The molecule has 2 saturated heterocycles. The third-order valence-electron chi connectivity index (χ3n) is 8.10. The second-order valence-corrected chi connectivity index (χ2v) is 12.2. The van der Waals surface area contributed by atoms with Gasteiger partial charge in [0, 0.05) is 56.9 Å². The number of nitrogens with two attached hydrogens (primary N) is 2. The average Bonchev–Trinajstić information content (AvgIpc) is 3.31. The Kier molecular flexibility index (Phi) is 8.65. The number of phenolic OH excluding ortho intramolecular Hbond substituents is 1. The number of amides is 1. The lowest BCUT2D eigenvalue weighted by atomic mass is 9.91. The summed E-state index contributed by atoms with van der Waals surface area (Å²) in [6, 6.07) is 7.07. The Balaban J connectivity index is 1.21. The number of carbonyl (C=O) groups is 1. The molecule has 12 heteroatoms. The molecular formula is C31H43N9O3. The third-order valence-corrected chi connectivity index (χ3v) is 8.10. The van der Waals surface area contributed by atoms with Crippen molar-refractivity contribution >= 4 is 35.3 Å². The molecule has 2 aromatic heterocycles. The number of nitrogens with one attached hydrogen (secondary N) is 1. The Bertz CT molecular complexity index is 1450. The molecule has 230 valence electrons. The fourth-order valence-corrected chi connectivity index (χ4v) is 5.75. The predicted molar refractivity (Wildman–Crippen MR) is 169 cm³/mol. The van der Waals surface area contributed by atoms with E-state index in [9.17, 15) is 9.90 Å². The quantitative estimate of drug-likeness (QED) is 0.324. The Hall–Kier alpha value is -4.48. The zero-order chi connectivity index (χ0) is 30.7. The fraction of sp³-hybridized carbons (Fsp3) is 0.484. The van der Waals surface area contributed by atoms with Gasteiger partial charge in [-0.25, -0.2) is 14.8 Å². The molecule has 43 heavy (non-hydrogen) atoms. The first-order valence-electron chi connectivity index (χ1n) is 14.9. The Morgan fingerprint density at radius 3 is 2.33 bits per heavy atom. The van der Waals surface area contributed by atoms with Crippen molar-refractivity contribution in [1.29, 1.82) is 0 Å². The van der Waals surface area contributed by atoms with E-state index in [1.807, 2.05) is 43.9 Å². The minimum atomic E-state index is -0.492. The van der Waals surface area contributed by atoms with Gasteiger partial charge in [0.15, 0.2) is 5.82 Å². The van der Waals surface area contributed by atoms with Crippen molar-refractivity contribution in [3.63, 3.8) is 0 Å². The number of para-hydroxylation sites is 1. The van der Waals surface area contributed by atoms with Gasteiger partial charge in [-0.1, -0.05) is 12.1 Å². The van der Waals surface area contributed by atoms with Crippen molar-refractivity contribution in [3.05, 3.63) is 53.5 Å². The molecule has 12 nitrogen and oxygen atoms in total. The van der Waals surface area contributed by atoms with Crippen LogP contribution in [0.3, 0.4) is 0 Å².